The first-order valence-electron chi connectivity index (χ1n) is 13.2. The highest BCUT2D eigenvalue weighted by molar-refractivity contribution is 7.88. The minimum Gasteiger partial charge on any atom is -0.329 e. The molecular formula is C29H34F4N4O3S. The number of carbonyl (C=O) groups is 1. The Bertz CT molecular complexity index is 1430. The number of nitrogens with one attached hydrogen (secondary N) is 1. The van der Waals surface area contributed by atoms with E-state index in [1.165, 1.54) is 41.7 Å². The second-order valence-electron chi connectivity index (χ2n) is 9.96. The van der Waals surface area contributed by atoms with Gasteiger partial charge in [-0.05, 0) is 54.7 Å². The number of halogens is 4. The van der Waals surface area contributed by atoms with E-state index in [1.54, 1.807) is 0 Å². The second kappa shape index (κ2) is 14.0. The zero-order valence-electron chi connectivity index (χ0n) is 23.1. The largest absolute Gasteiger partial charge is 0.329 e. The average Bonchev–Trinajstić information content (AvgIpc) is 2.89. The third kappa shape index (κ3) is 8.34. The number of nitrogens with zero attached hydrogens (tertiary/aromatic N) is 2. The Kier molecular flexibility index (Phi) is 11.0. The van der Waals surface area contributed by atoms with Crippen LogP contribution >= 0.6 is 0 Å². The molecule has 0 bridgehead atoms. The Morgan fingerprint density at radius 2 is 1.63 bits per heavy atom. The van der Waals surface area contributed by atoms with Gasteiger partial charge < -0.3 is 11.1 Å². The van der Waals surface area contributed by atoms with Crippen molar-refractivity contribution in [2.75, 3.05) is 24.7 Å². The monoisotopic (exact) mass is 594 g/mol. The van der Waals surface area contributed by atoms with E-state index >= 15 is 0 Å². The van der Waals surface area contributed by atoms with Crippen LogP contribution in [-0.2, 0) is 21.2 Å². The quantitative estimate of drug-likeness (QED) is 0.272. The van der Waals surface area contributed by atoms with Crippen molar-refractivity contribution in [3.8, 4) is 0 Å². The Hall–Kier alpha value is -3.35. The number of pyridine rings is 1. The molecule has 3 N–H and O–H groups in total. The van der Waals surface area contributed by atoms with Gasteiger partial charge in [0.2, 0.25) is 15.9 Å². The van der Waals surface area contributed by atoms with Crippen molar-refractivity contribution in [2.24, 2.45) is 11.7 Å². The lowest BCUT2D eigenvalue weighted by atomic mass is 9.81. The molecule has 0 unspecified atom stereocenters. The van der Waals surface area contributed by atoms with Gasteiger partial charge in [0, 0.05) is 42.6 Å². The molecule has 0 aliphatic heterocycles. The molecule has 222 valence electrons. The van der Waals surface area contributed by atoms with Crippen LogP contribution in [-0.4, -0.2) is 49.0 Å². The number of benzene rings is 2. The number of anilines is 1. The van der Waals surface area contributed by atoms with Gasteiger partial charge in [0.25, 0.3) is 0 Å². The molecule has 0 fully saturated rings. The van der Waals surface area contributed by atoms with Crippen LogP contribution in [0.1, 0.15) is 49.3 Å². The number of aromatic nitrogens is 1. The van der Waals surface area contributed by atoms with E-state index in [1.807, 2.05) is 6.92 Å². The molecule has 41 heavy (non-hydrogen) atoms. The number of hydrogen-bond acceptors (Lipinski definition) is 5. The number of amides is 1. The van der Waals surface area contributed by atoms with Crippen molar-refractivity contribution < 1.29 is 30.8 Å². The first-order chi connectivity index (χ1) is 19.3. The van der Waals surface area contributed by atoms with Crippen molar-refractivity contribution in [1.82, 2.24) is 9.29 Å². The molecule has 0 saturated carbocycles. The van der Waals surface area contributed by atoms with Gasteiger partial charge in [-0.3, -0.25) is 9.78 Å². The maximum Gasteiger partial charge on any atom is 0.228 e. The van der Waals surface area contributed by atoms with E-state index in [-0.39, 0.29) is 42.7 Å². The normalized spacial score (nSPS) is 14.1. The van der Waals surface area contributed by atoms with E-state index in [2.05, 4.69) is 10.3 Å². The predicted octanol–water partition coefficient (Wildman–Crippen LogP) is 4.98. The minimum atomic E-state index is -3.56. The number of rotatable bonds is 13. The lowest BCUT2D eigenvalue weighted by molar-refractivity contribution is -0.119. The second-order valence-corrected chi connectivity index (χ2v) is 11.9. The summed E-state index contributed by atoms with van der Waals surface area (Å²) in [5.41, 5.74) is 6.67. The molecule has 0 saturated heterocycles. The number of sulfonamides is 1. The predicted molar refractivity (Wildman–Crippen MR) is 150 cm³/mol. The van der Waals surface area contributed by atoms with Crippen LogP contribution < -0.4 is 11.1 Å². The highest BCUT2D eigenvalue weighted by atomic mass is 32.2. The van der Waals surface area contributed by atoms with Crippen LogP contribution in [0.15, 0.2) is 54.9 Å². The first-order valence-corrected chi connectivity index (χ1v) is 15.0. The van der Waals surface area contributed by atoms with Gasteiger partial charge >= 0.3 is 0 Å². The van der Waals surface area contributed by atoms with Gasteiger partial charge in [0.1, 0.15) is 23.3 Å². The molecule has 7 nitrogen and oxygen atoms in total. The summed E-state index contributed by atoms with van der Waals surface area (Å²) in [6.07, 6.45) is 4.15. The zero-order valence-corrected chi connectivity index (χ0v) is 23.9. The smallest absolute Gasteiger partial charge is 0.228 e. The summed E-state index contributed by atoms with van der Waals surface area (Å²) < 4.78 is 82.8. The molecule has 1 amide bonds. The lowest BCUT2D eigenvalue weighted by Crippen LogP contribution is -2.44. The highest BCUT2D eigenvalue weighted by Crippen LogP contribution is 2.34. The molecule has 3 atom stereocenters. The number of nitrogens with two attached hydrogens (primary N) is 1. The molecule has 1 heterocycles. The third-order valence-corrected chi connectivity index (χ3v) is 8.26. The van der Waals surface area contributed by atoms with Crippen molar-refractivity contribution in [2.45, 2.75) is 45.1 Å². The van der Waals surface area contributed by atoms with Crippen LogP contribution in [0.3, 0.4) is 0 Å². The van der Waals surface area contributed by atoms with E-state index in [0.717, 1.165) is 24.6 Å². The van der Waals surface area contributed by atoms with E-state index < -0.39 is 57.1 Å². The third-order valence-electron chi connectivity index (χ3n) is 6.93. The van der Waals surface area contributed by atoms with Crippen LogP contribution in [0.2, 0.25) is 0 Å². The SMILES string of the molecule is CCCN([C@H](CN)CCc1c(F)cncc1NC(=O)[C@@H](C)[C@@H](c1ccc(F)cc1)c1cc(F)cc(F)c1)S(C)(=O)=O. The standard InChI is InChI=1S/C29H34F4N4O3S/c1-4-11-37(41(3,39)40)24(15-34)9-10-25-26(33)16-35-17-27(25)36-29(38)18(2)28(19-5-7-21(30)8-6-19)20-12-22(31)14-23(32)13-20/h5-8,12-14,16-18,24,28H,4,9-11,15,34H2,1-3H3,(H,36,38)/t18-,24-,28-/m0/s1. The lowest BCUT2D eigenvalue weighted by Gasteiger charge is -2.29. The van der Waals surface area contributed by atoms with E-state index in [4.69, 9.17) is 5.73 Å². The number of hydrogen-bond donors (Lipinski definition) is 2. The highest BCUT2D eigenvalue weighted by Gasteiger charge is 2.30. The Labute approximate surface area is 237 Å². The number of carbonyl (C=O) groups excluding carboxylic acids is 1. The van der Waals surface area contributed by atoms with Crippen molar-refractivity contribution in [3.05, 3.63) is 94.8 Å². The first kappa shape index (κ1) is 32.2. The average molecular weight is 595 g/mol. The van der Waals surface area contributed by atoms with Crippen LogP contribution in [0.5, 0.6) is 0 Å². The van der Waals surface area contributed by atoms with Crippen LogP contribution in [0.25, 0.3) is 0 Å². The Balaban J connectivity index is 1.90. The maximum atomic E-state index is 15.0. The van der Waals surface area contributed by atoms with Crippen LogP contribution in [0, 0.1) is 29.2 Å². The fourth-order valence-corrected chi connectivity index (χ4v) is 6.19. The van der Waals surface area contributed by atoms with Gasteiger partial charge in [-0.15, -0.1) is 0 Å². The topological polar surface area (TPSA) is 105 Å². The molecule has 2 aromatic carbocycles. The van der Waals surface area contributed by atoms with E-state index in [0.29, 0.717) is 18.1 Å². The molecule has 1 aromatic heterocycles. The summed E-state index contributed by atoms with van der Waals surface area (Å²) in [4.78, 5) is 17.3. The molecule has 12 heteroatoms. The summed E-state index contributed by atoms with van der Waals surface area (Å²) in [5.74, 6) is -5.31. The van der Waals surface area contributed by atoms with Gasteiger partial charge in [0.15, 0.2) is 0 Å². The van der Waals surface area contributed by atoms with Gasteiger partial charge in [-0.2, -0.15) is 4.31 Å². The van der Waals surface area contributed by atoms with E-state index in [9.17, 15) is 30.8 Å². The van der Waals surface area contributed by atoms with Crippen LogP contribution in [0.4, 0.5) is 23.2 Å². The maximum absolute atomic E-state index is 15.0. The molecule has 3 aromatic rings. The summed E-state index contributed by atoms with van der Waals surface area (Å²) in [5, 5.41) is 2.67. The van der Waals surface area contributed by atoms with Crippen molar-refractivity contribution in [3.63, 3.8) is 0 Å². The molecular weight excluding hydrogens is 560 g/mol. The van der Waals surface area contributed by atoms with Gasteiger partial charge in [0.05, 0.1) is 24.3 Å². The van der Waals surface area contributed by atoms with Crippen molar-refractivity contribution >= 4 is 21.6 Å². The summed E-state index contributed by atoms with van der Waals surface area (Å²) in [6, 6.07) is 7.55. The van der Waals surface area contributed by atoms with Gasteiger partial charge in [-0.25, -0.2) is 26.0 Å². The fourth-order valence-electron chi connectivity index (χ4n) is 4.95. The Morgan fingerprint density at radius 3 is 2.20 bits per heavy atom. The summed E-state index contributed by atoms with van der Waals surface area (Å²) >= 11 is 0. The fraction of sp³-hybridized carbons (Fsp3) is 0.379. The molecule has 0 spiro atoms. The summed E-state index contributed by atoms with van der Waals surface area (Å²) in [7, 11) is -3.56. The molecule has 0 aliphatic rings. The summed E-state index contributed by atoms with van der Waals surface area (Å²) in [6.45, 7) is 3.65. The van der Waals surface area contributed by atoms with Gasteiger partial charge in [-0.1, -0.05) is 26.0 Å². The Morgan fingerprint density at radius 1 is 1.00 bits per heavy atom. The molecule has 0 aliphatic carbocycles. The zero-order chi connectivity index (χ0) is 30.3. The van der Waals surface area contributed by atoms with Crippen molar-refractivity contribution in [1.29, 1.82) is 0 Å². The molecule has 0 radical (unpaired) electrons. The molecule has 3 rings (SSSR count). The minimum absolute atomic E-state index is 0.0159.